The lowest BCUT2D eigenvalue weighted by Gasteiger charge is -2.16. The number of benzene rings is 2. The minimum atomic E-state index is 0.0911. The maximum absolute atomic E-state index is 4.75. The summed E-state index contributed by atoms with van der Waals surface area (Å²) < 4.78 is 0. The predicted octanol–water partition coefficient (Wildman–Crippen LogP) is 5.32. The van der Waals surface area contributed by atoms with Crippen LogP contribution in [0.2, 0.25) is 0 Å². The van der Waals surface area contributed by atoms with Crippen LogP contribution in [0.5, 0.6) is 0 Å². The molecule has 0 aliphatic rings. The number of rotatable bonds is 7. The minimum absolute atomic E-state index is 0.0911. The van der Waals surface area contributed by atoms with Crippen LogP contribution in [-0.4, -0.2) is 15.0 Å². The third kappa shape index (κ3) is 4.96. The first kappa shape index (κ1) is 18.6. The van der Waals surface area contributed by atoms with Crippen molar-refractivity contribution in [1.29, 1.82) is 0 Å². The Morgan fingerprint density at radius 1 is 0.862 bits per heavy atom. The summed E-state index contributed by atoms with van der Waals surface area (Å²) in [5.74, 6) is 1.36. The van der Waals surface area contributed by atoms with Crippen molar-refractivity contribution in [3.63, 3.8) is 0 Å². The average Bonchev–Trinajstić information content (AvgIpc) is 2.79. The Balaban J connectivity index is 1.61. The lowest BCUT2D eigenvalue weighted by molar-refractivity contribution is 0.861. The van der Waals surface area contributed by atoms with Crippen LogP contribution in [0.25, 0.3) is 11.3 Å². The quantitative estimate of drug-likeness (QED) is 0.453. The Labute approximate surface area is 170 Å². The molecule has 0 aliphatic carbocycles. The molecule has 5 heteroatoms. The Hall–Kier alpha value is -3.73. The molecule has 144 valence electrons. The van der Waals surface area contributed by atoms with Crippen LogP contribution in [-0.2, 0) is 6.54 Å². The van der Waals surface area contributed by atoms with Crippen LogP contribution < -0.4 is 10.6 Å². The van der Waals surface area contributed by atoms with Crippen molar-refractivity contribution in [2.24, 2.45) is 0 Å². The number of aromatic nitrogens is 3. The highest BCUT2D eigenvalue weighted by Gasteiger charge is 2.11. The first-order valence-electron chi connectivity index (χ1n) is 9.67. The first-order valence-corrected chi connectivity index (χ1v) is 9.67. The molecule has 2 heterocycles. The Kier molecular flexibility index (Phi) is 5.76. The van der Waals surface area contributed by atoms with E-state index in [0.717, 1.165) is 22.6 Å². The van der Waals surface area contributed by atoms with Crippen molar-refractivity contribution in [2.75, 3.05) is 10.6 Å². The van der Waals surface area contributed by atoms with Crippen LogP contribution in [0.1, 0.15) is 24.1 Å². The van der Waals surface area contributed by atoms with Gasteiger partial charge < -0.3 is 10.6 Å². The van der Waals surface area contributed by atoms with E-state index in [1.807, 2.05) is 60.8 Å². The summed E-state index contributed by atoms with van der Waals surface area (Å²) in [5.41, 5.74) is 4.21. The second-order valence-electron chi connectivity index (χ2n) is 6.82. The van der Waals surface area contributed by atoms with Gasteiger partial charge in [0.25, 0.3) is 0 Å². The summed E-state index contributed by atoms with van der Waals surface area (Å²) in [7, 11) is 0. The fourth-order valence-electron chi connectivity index (χ4n) is 3.07. The molecular weight excluding hydrogens is 358 g/mol. The Morgan fingerprint density at radius 2 is 1.62 bits per heavy atom. The van der Waals surface area contributed by atoms with Gasteiger partial charge in [-0.15, -0.1) is 0 Å². The average molecular weight is 381 g/mol. The van der Waals surface area contributed by atoms with Crippen molar-refractivity contribution in [3.8, 4) is 11.3 Å². The van der Waals surface area contributed by atoms with E-state index in [9.17, 15) is 0 Å². The third-order valence-electron chi connectivity index (χ3n) is 4.64. The van der Waals surface area contributed by atoms with Gasteiger partial charge in [-0.25, -0.2) is 4.98 Å². The fourth-order valence-corrected chi connectivity index (χ4v) is 3.07. The molecule has 4 aromatic rings. The molecule has 2 aromatic heterocycles. The summed E-state index contributed by atoms with van der Waals surface area (Å²) in [6.07, 6.45) is 3.62. The predicted molar refractivity (Wildman–Crippen MR) is 118 cm³/mol. The van der Waals surface area contributed by atoms with Crippen molar-refractivity contribution in [3.05, 3.63) is 102 Å². The zero-order valence-electron chi connectivity index (χ0n) is 16.3. The lowest BCUT2D eigenvalue weighted by Crippen LogP contribution is -2.11. The molecule has 0 amide bonds. The second-order valence-corrected chi connectivity index (χ2v) is 6.82. The molecule has 1 atom stereocenters. The molecule has 1 unspecified atom stereocenters. The molecule has 4 rings (SSSR count). The van der Waals surface area contributed by atoms with Crippen LogP contribution in [0.15, 0.2) is 91.3 Å². The number of anilines is 2. The van der Waals surface area contributed by atoms with Crippen molar-refractivity contribution in [1.82, 2.24) is 15.0 Å². The summed E-state index contributed by atoms with van der Waals surface area (Å²) in [6, 6.07) is 26.5. The van der Waals surface area contributed by atoms with Gasteiger partial charge in [-0.1, -0.05) is 66.7 Å². The molecule has 2 aromatic carbocycles. The monoisotopic (exact) mass is 381 g/mol. The number of pyridine rings is 1. The molecule has 2 N–H and O–H groups in total. The number of hydrogen-bond donors (Lipinski definition) is 2. The van der Waals surface area contributed by atoms with Crippen molar-refractivity contribution in [2.45, 2.75) is 19.5 Å². The zero-order valence-corrected chi connectivity index (χ0v) is 16.3. The highest BCUT2D eigenvalue weighted by atomic mass is 15.2. The van der Waals surface area contributed by atoms with Gasteiger partial charge in [-0.05, 0) is 24.1 Å². The molecule has 0 radical (unpaired) electrons. The molecular formula is C24H23N5. The largest absolute Gasteiger partial charge is 0.366 e. The van der Waals surface area contributed by atoms with Gasteiger partial charge in [0.2, 0.25) is 5.95 Å². The van der Waals surface area contributed by atoms with Gasteiger partial charge in [-0.2, -0.15) is 4.98 Å². The number of hydrogen-bond acceptors (Lipinski definition) is 5. The smallest absolute Gasteiger partial charge is 0.225 e. The molecule has 0 bridgehead atoms. The summed E-state index contributed by atoms with van der Waals surface area (Å²) >= 11 is 0. The van der Waals surface area contributed by atoms with E-state index in [1.54, 1.807) is 6.20 Å². The van der Waals surface area contributed by atoms with Crippen LogP contribution >= 0.6 is 0 Å². The van der Waals surface area contributed by atoms with Gasteiger partial charge >= 0.3 is 0 Å². The fraction of sp³-hybridized carbons (Fsp3) is 0.125. The molecule has 0 saturated carbocycles. The van der Waals surface area contributed by atoms with E-state index in [-0.39, 0.29) is 6.04 Å². The zero-order chi connectivity index (χ0) is 19.9. The topological polar surface area (TPSA) is 62.7 Å². The highest BCUT2D eigenvalue weighted by molar-refractivity contribution is 5.64. The summed E-state index contributed by atoms with van der Waals surface area (Å²) in [4.78, 5) is 13.6. The van der Waals surface area contributed by atoms with Gasteiger partial charge in [0.05, 0.1) is 11.7 Å². The SMILES string of the molecule is CC(Nc1nc(NCc2cccnc2)cc(-c2ccccc2)n1)c1ccccc1. The number of nitrogens with zero attached hydrogens (tertiary/aromatic N) is 3. The normalized spacial score (nSPS) is 11.6. The third-order valence-corrected chi connectivity index (χ3v) is 4.64. The van der Waals surface area contributed by atoms with Gasteiger partial charge in [0.1, 0.15) is 5.82 Å². The maximum atomic E-state index is 4.75. The van der Waals surface area contributed by atoms with E-state index in [1.165, 1.54) is 5.56 Å². The Bertz CT molecular complexity index is 1040. The molecule has 0 aliphatic heterocycles. The highest BCUT2D eigenvalue weighted by Crippen LogP contribution is 2.24. The first-order chi connectivity index (χ1) is 14.3. The van der Waals surface area contributed by atoms with Gasteiger partial charge in [0, 0.05) is 30.6 Å². The molecule has 29 heavy (non-hydrogen) atoms. The molecule has 0 fully saturated rings. The second kappa shape index (κ2) is 8.97. The molecule has 5 nitrogen and oxygen atoms in total. The van der Waals surface area contributed by atoms with E-state index >= 15 is 0 Å². The van der Waals surface area contributed by atoms with Crippen LogP contribution in [0.4, 0.5) is 11.8 Å². The van der Waals surface area contributed by atoms with E-state index in [2.05, 4.69) is 51.8 Å². The minimum Gasteiger partial charge on any atom is -0.366 e. The standard InChI is InChI=1S/C24H23N5/c1-18(20-10-4-2-5-11-20)27-24-28-22(21-12-6-3-7-13-21)15-23(29-24)26-17-19-9-8-14-25-16-19/h2-16,18H,17H2,1H3,(H2,26,27,28,29). The van der Waals surface area contributed by atoms with E-state index < -0.39 is 0 Å². The molecule has 0 spiro atoms. The summed E-state index contributed by atoms with van der Waals surface area (Å²) in [6.45, 7) is 2.75. The van der Waals surface area contributed by atoms with E-state index in [0.29, 0.717) is 12.5 Å². The Morgan fingerprint density at radius 3 is 2.34 bits per heavy atom. The van der Waals surface area contributed by atoms with Crippen LogP contribution in [0.3, 0.4) is 0 Å². The van der Waals surface area contributed by atoms with Gasteiger partial charge in [-0.3, -0.25) is 4.98 Å². The van der Waals surface area contributed by atoms with E-state index in [4.69, 9.17) is 4.98 Å². The van der Waals surface area contributed by atoms with Crippen LogP contribution in [0, 0.1) is 0 Å². The lowest BCUT2D eigenvalue weighted by atomic mass is 10.1. The van der Waals surface area contributed by atoms with Gasteiger partial charge in [0.15, 0.2) is 0 Å². The summed E-state index contributed by atoms with van der Waals surface area (Å²) in [5, 5.41) is 6.83. The van der Waals surface area contributed by atoms with Crippen molar-refractivity contribution >= 4 is 11.8 Å². The number of nitrogens with one attached hydrogen (secondary N) is 2. The molecule has 0 saturated heterocycles. The van der Waals surface area contributed by atoms with Crippen molar-refractivity contribution < 1.29 is 0 Å². The maximum Gasteiger partial charge on any atom is 0.225 e.